The first kappa shape index (κ1) is 22.1. The maximum absolute atomic E-state index is 12.7. The number of hydrogen-bond donors (Lipinski definition) is 2. The molecule has 0 spiro atoms. The van der Waals surface area contributed by atoms with Crippen molar-refractivity contribution in [1.29, 1.82) is 5.26 Å². The highest BCUT2D eigenvalue weighted by Gasteiger charge is 2.38. The Labute approximate surface area is 187 Å². The molecule has 1 aliphatic carbocycles. The van der Waals surface area contributed by atoms with E-state index >= 15 is 0 Å². The minimum absolute atomic E-state index is 0.239. The van der Waals surface area contributed by atoms with Crippen molar-refractivity contribution >= 4 is 32.2 Å². The summed E-state index contributed by atoms with van der Waals surface area (Å²) in [5.41, 5.74) is 0.604. The van der Waals surface area contributed by atoms with Crippen LogP contribution in [-0.4, -0.2) is 27.9 Å². The van der Waals surface area contributed by atoms with Gasteiger partial charge in [0.15, 0.2) is 15.7 Å². The summed E-state index contributed by atoms with van der Waals surface area (Å²) in [6, 6.07) is 10.6. The number of fused-ring (bicyclic) bond motifs is 1. The lowest BCUT2D eigenvalue weighted by Crippen LogP contribution is -2.31. The number of anilines is 2. The van der Waals surface area contributed by atoms with Gasteiger partial charge in [-0.05, 0) is 63.9 Å². The Kier molecular flexibility index (Phi) is 5.37. The second-order valence-corrected chi connectivity index (χ2v) is 12.1. The molecule has 0 unspecified atom stereocenters. The van der Waals surface area contributed by atoms with Crippen LogP contribution in [0.1, 0.15) is 52.9 Å². The van der Waals surface area contributed by atoms with E-state index in [-0.39, 0.29) is 10.5 Å². The molecule has 0 saturated heterocycles. The Morgan fingerprint density at radius 3 is 2.44 bits per heavy atom. The second kappa shape index (κ2) is 7.78. The SMILES string of the molecule is CC(C)(C)S(=O)(=O)c1ccc(Nc2nn(C3(CC#N)CCCC3)c3cc[nH]c(=O)c23)cc1. The molecule has 1 aliphatic rings. The van der Waals surface area contributed by atoms with Gasteiger partial charge in [-0.15, -0.1) is 0 Å². The van der Waals surface area contributed by atoms with Gasteiger partial charge in [0.25, 0.3) is 5.56 Å². The van der Waals surface area contributed by atoms with Crippen molar-refractivity contribution in [3.8, 4) is 6.07 Å². The fourth-order valence-corrected chi connectivity index (χ4v) is 5.58. The summed E-state index contributed by atoms with van der Waals surface area (Å²) >= 11 is 0. The van der Waals surface area contributed by atoms with E-state index in [4.69, 9.17) is 5.10 Å². The lowest BCUT2D eigenvalue weighted by molar-refractivity contribution is 0.280. The third kappa shape index (κ3) is 3.58. The summed E-state index contributed by atoms with van der Waals surface area (Å²) < 4.78 is 26.3. The zero-order chi connectivity index (χ0) is 23.1. The van der Waals surface area contributed by atoms with Gasteiger partial charge in [0.05, 0.1) is 33.2 Å². The Balaban J connectivity index is 1.77. The number of nitrogens with zero attached hydrogens (tertiary/aromatic N) is 3. The summed E-state index contributed by atoms with van der Waals surface area (Å²) in [5.74, 6) is 0.387. The highest BCUT2D eigenvalue weighted by atomic mass is 32.2. The third-order valence-electron chi connectivity index (χ3n) is 6.23. The molecular weight excluding hydrogens is 426 g/mol. The Morgan fingerprint density at radius 2 is 1.84 bits per heavy atom. The first-order valence-corrected chi connectivity index (χ1v) is 12.2. The van der Waals surface area contributed by atoms with E-state index in [0.29, 0.717) is 28.8 Å². The van der Waals surface area contributed by atoms with Gasteiger partial charge in [0.1, 0.15) is 5.39 Å². The number of aromatic amines is 1. The fourth-order valence-electron chi connectivity index (χ4n) is 4.38. The Hall–Kier alpha value is -3.12. The third-order valence-corrected chi connectivity index (χ3v) is 8.73. The van der Waals surface area contributed by atoms with Gasteiger partial charge in [0.2, 0.25) is 0 Å². The van der Waals surface area contributed by atoms with Crippen molar-refractivity contribution in [1.82, 2.24) is 14.8 Å². The van der Waals surface area contributed by atoms with Gasteiger partial charge in [-0.25, -0.2) is 8.42 Å². The summed E-state index contributed by atoms with van der Waals surface area (Å²) in [7, 11) is -3.46. The summed E-state index contributed by atoms with van der Waals surface area (Å²) in [6.07, 6.45) is 5.62. The van der Waals surface area contributed by atoms with Gasteiger partial charge in [-0.3, -0.25) is 9.48 Å². The van der Waals surface area contributed by atoms with Crippen LogP contribution in [0, 0.1) is 11.3 Å². The molecule has 168 valence electrons. The van der Waals surface area contributed by atoms with Gasteiger partial charge in [0, 0.05) is 11.9 Å². The zero-order valence-electron chi connectivity index (χ0n) is 18.5. The maximum Gasteiger partial charge on any atom is 0.261 e. The van der Waals surface area contributed by atoms with Crippen molar-refractivity contribution in [2.45, 2.75) is 68.1 Å². The number of rotatable bonds is 5. The quantitative estimate of drug-likeness (QED) is 0.596. The highest BCUT2D eigenvalue weighted by Crippen LogP contribution is 2.41. The molecular formula is C23H27N5O3S. The number of H-pyrrole nitrogens is 1. The number of aromatic nitrogens is 3. The van der Waals surface area contributed by atoms with E-state index in [2.05, 4.69) is 16.4 Å². The predicted octanol–water partition coefficient (Wildman–Crippen LogP) is 4.22. The smallest absolute Gasteiger partial charge is 0.261 e. The first-order chi connectivity index (χ1) is 15.1. The molecule has 1 fully saturated rings. The number of nitriles is 1. The molecule has 0 amide bonds. The predicted molar refractivity (Wildman–Crippen MR) is 124 cm³/mol. The van der Waals surface area contributed by atoms with Crippen LogP contribution in [0.15, 0.2) is 46.2 Å². The van der Waals surface area contributed by atoms with Crippen molar-refractivity contribution in [2.75, 3.05) is 5.32 Å². The number of nitrogens with one attached hydrogen (secondary N) is 2. The Bertz CT molecular complexity index is 1350. The van der Waals surface area contributed by atoms with Gasteiger partial charge < -0.3 is 10.3 Å². The fraction of sp³-hybridized carbons (Fsp3) is 0.435. The lowest BCUT2D eigenvalue weighted by atomic mass is 9.94. The second-order valence-electron chi connectivity index (χ2n) is 9.36. The van der Waals surface area contributed by atoms with E-state index < -0.39 is 20.1 Å². The monoisotopic (exact) mass is 453 g/mol. The van der Waals surface area contributed by atoms with Gasteiger partial charge in [-0.2, -0.15) is 10.4 Å². The number of sulfone groups is 1. The maximum atomic E-state index is 12.7. The molecule has 4 rings (SSSR count). The molecule has 1 aromatic carbocycles. The molecule has 0 atom stereocenters. The van der Waals surface area contributed by atoms with Crippen LogP contribution in [0.2, 0.25) is 0 Å². The van der Waals surface area contributed by atoms with E-state index in [1.807, 2.05) is 10.7 Å². The van der Waals surface area contributed by atoms with Crippen LogP contribution < -0.4 is 10.9 Å². The van der Waals surface area contributed by atoms with Crippen molar-refractivity contribution in [2.24, 2.45) is 0 Å². The van der Waals surface area contributed by atoms with Crippen LogP contribution in [0.3, 0.4) is 0 Å². The van der Waals surface area contributed by atoms with Crippen LogP contribution in [0.25, 0.3) is 10.9 Å². The molecule has 0 radical (unpaired) electrons. The molecule has 0 bridgehead atoms. The Morgan fingerprint density at radius 1 is 1.19 bits per heavy atom. The molecule has 1 saturated carbocycles. The van der Waals surface area contributed by atoms with E-state index in [9.17, 15) is 18.5 Å². The van der Waals surface area contributed by atoms with Gasteiger partial charge in [-0.1, -0.05) is 12.8 Å². The van der Waals surface area contributed by atoms with Crippen molar-refractivity contribution < 1.29 is 8.42 Å². The number of benzene rings is 1. The summed E-state index contributed by atoms with van der Waals surface area (Å²) in [4.78, 5) is 15.6. The topological polar surface area (TPSA) is 121 Å². The lowest BCUT2D eigenvalue weighted by Gasteiger charge is -2.27. The minimum atomic E-state index is -3.46. The number of pyridine rings is 1. The minimum Gasteiger partial charge on any atom is -0.338 e. The van der Waals surface area contributed by atoms with Crippen LogP contribution in [-0.2, 0) is 15.4 Å². The first-order valence-electron chi connectivity index (χ1n) is 10.7. The largest absolute Gasteiger partial charge is 0.338 e. The highest BCUT2D eigenvalue weighted by molar-refractivity contribution is 7.92. The van der Waals surface area contributed by atoms with Crippen LogP contribution >= 0.6 is 0 Å². The van der Waals surface area contributed by atoms with Crippen molar-refractivity contribution in [3.63, 3.8) is 0 Å². The van der Waals surface area contributed by atoms with E-state index in [0.717, 1.165) is 25.7 Å². The molecule has 2 heterocycles. The molecule has 8 nitrogen and oxygen atoms in total. The molecule has 9 heteroatoms. The standard InChI is InChI=1S/C23H27N5O3S/c1-22(2,3)32(30,31)17-8-6-16(7-9-17)26-20-19-18(10-15-25-21(19)29)28(27-20)23(13-14-24)11-4-5-12-23/h6-10,15H,4-5,11-13H2,1-3H3,(H,25,29)(H,26,27). The normalized spacial score (nSPS) is 16.2. The van der Waals surface area contributed by atoms with E-state index in [1.54, 1.807) is 51.2 Å². The summed E-state index contributed by atoms with van der Waals surface area (Å²) in [6.45, 7) is 5.00. The molecule has 3 aromatic rings. The van der Waals surface area contributed by atoms with Crippen molar-refractivity contribution in [3.05, 3.63) is 46.9 Å². The van der Waals surface area contributed by atoms with Gasteiger partial charge >= 0.3 is 0 Å². The molecule has 32 heavy (non-hydrogen) atoms. The number of hydrogen-bond acceptors (Lipinski definition) is 6. The molecule has 2 aromatic heterocycles. The van der Waals surface area contributed by atoms with Crippen LogP contribution in [0.4, 0.5) is 11.5 Å². The summed E-state index contributed by atoms with van der Waals surface area (Å²) in [5, 5.41) is 17.8. The van der Waals surface area contributed by atoms with E-state index in [1.165, 1.54) is 0 Å². The molecule has 0 aliphatic heterocycles. The van der Waals surface area contributed by atoms with Crippen LogP contribution in [0.5, 0.6) is 0 Å². The average molecular weight is 454 g/mol. The molecule has 2 N–H and O–H groups in total. The average Bonchev–Trinajstić information content (AvgIpc) is 3.34. The zero-order valence-corrected chi connectivity index (χ0v) is 19.3.